The molecular formula is C20H16N2O3. The summed E-state index contributed by atoms with van der Waals surface area (Å²) in [5.74, 6) is 0.414. The first-order valence-electron chi connectivity index (χ1n) is 8.12. The molecule has 1 aliphatic carbocycles. The van der Waals surface area contributed by atoms with Crippen molar-refractivity contribution in [2.75, 3.05) is 11.9 Å². The van der Waals surface area contributed by atoms with Crippen LogP contribution in [0.2, 0.25) is 0 Å². The Bertz CT molecular complexity index is 982. The zero-order valence-electron chi connectivity index (χ0n) is 13.5. The van der Waals surface area contributed by atoms with Crippen LogP contribution in [-0.4, -0.2) is 23.3 Å². The second-order valence-electron chi connectivity index (χ2n) is 5.99. The molecule has 1 heterocycles. The number of ether oxygens (including phenoxy) is 1. The van der Waals surface area contributed by atoms with Crippen LogP contribution in [0, 0.1) is 0 Å². The van der Waals surface area contributed by atoms with Gasteiger partial charge in [0.15, 0.2) is 12.4 Å². The third-order valence-corrected chi connectivity index (χ3v) is 4.26. The maximum Gasteiger partial charge on any atom is 0.262 e. The number of nitrogens with zero attached hydrogens (tertiary/aromatic N) is 1. The summed E-state index contributed by atoms with van der Waals surface area (Å²) in [5.41, 5.74) is 3.32. The first-order chi connectivity index (χ1) is 12.2. The second kappa shape index (κ2) is 6.36. The molecule has 0 radical (unpaired) electrons. The Hall–Kier alpha value is -3.21. The average molecular weight is 332 g/mol. The molecule has 0 saturated heterocycles. The number of aromatic nitrogens is 1. The highest BCUT2D eigenvalue weighted by Crippen LogP contribution is 2.26. The van der Waals surface area contributed by atoms with Gasteiger partial charge < -0.3 is 10.1 Å². The highest BCUT2D eigenvalue weighted by atomic mass is 16.5. The van der Waals surface area contributed by atoms with Crippen LogP contribution in [0.1, 0.15) is 22.3 Å². The number of carbonyl (C=O) groups is 2. The Labute approximate surface area is 144 Å². The van der Waals surface area contributed by atoms with Crippen molar-refractivity contribution in [1.29, 1.82) is 0 Å². The molecule has 0 aliphatic heterocycles. The zero-order valence-corrected chi connectivity index (χ0v) is 13.5. The van der Waals surface area contributed by atoms with Crippen LogP contribution in [0.15, 0.2) is 54.7 Å². The molecule has 0 fully saturated rings. The van der Waals surface area contributed by atoms with E-state index in [1.54, 1.807) is 24.4 Å². The van der Waals surface area contributed by atoms with E-state index in [9.17, 15) is 9.59 Å². The molecular weight excluding hydrogens is 316 g/mol. The number of ketones is 1. The largest absolute Gasteiger partial charge is 0.484 e. The van der Waals surface area contributed by atoms with Crippen LogP contribution in [0.25, 0.3) is 10.9 Å². The standard InChI is InChI=1S/C20H16N2O3/c23-19-8-4-13-3-6-16(11-17(13)19)25-12-20(24)22-15-5-7-18-14(10-15)2-1-9-21-18/h1-3,5-7,9-11H,4,8,12H2,(H,22,24). The van der Waals surface area contributed by atoms with Crippen LogP contribution in [0.3, 0.4) is 0 Å². The van der Waals surface area contributed by atoms with Gasteiger partial charge in [-0.1, -0.05) is 12.1 Å². The van der Waals surface area contributed by atoms with Crippen molar-refractivity contribution in [3.63, 3.8) is 0 Å². The summed E-state index contributed by atoms with van der Waals surface area (Å²) in [6.07, 6.45) is 3.07. The van der Waals surface area contributed by atoms with Crippen molar-refractivity contribution < 1.29 is 14.3 Å². The van der Waals surface area contributed by atoms with E-state index in [-0.39, 0.29) is 18.3 Å². The molecule has 0 saturated carbocycles. The smallest absolute Gasteiger partial charge is 0.262 e. The molecule has 1 N–H and O–H groups in total. The number of anilines is 1. The maximum absolute atomic E-state index is 12.1. The Kier molecular flexibility index (Phi) is 3.90. The van der Waals surface area contributed by atoms with E-state index in [1.165, 1.54) is 0 Å². The summed E-state index contributed by atoms with van der Waals surface area (Å²) in [4.78, 5) is 28.1. The van der Waals surface area contributed by atoms with E-state index in [4.69, 9.17) is 4.74 Å². The van der Waals surface area contributed by atoms with E-state index >= 15 is 0 Å². The molecule has 5 nitrogen and oxygen atoms in total. The number of aryl methyl sites for hydroxylation is 1. The van der Waals surface area contributed by atoms with Gasteiger partial charge in [0, 0.05) is 29.3 Å². The molecule has 124 valence electrons. The lowest BCUT2D eigenvalue weighted by Crippen LogP contribution is -2.20. The number of hydrogen-bond donors (Lipinski definition) is 1. The van der Waals surface area contributed by atoms with Crippen LogP contribution >= 0.6 is 0 Å². The third-order valence-electron chi connectivity index (χ3n) is 4.26. The summed E-state index contributed by atoms with van der Waals surface area (Å²) in [6, 6.07) is 14.7. The lowest BCUT2D eigenvalue weighted by Gasteiger charge is -2.09. The molecule has 1 aliphatic rings. The molecule has 2 aromatic carbocycles. The lowest BCUT2D eigenvalue weighted by molar-refractivity contribution is -0.118. The highest BCUT2D eigenvalue weighted by Gasteiger charge is 2.19. The number of hydrogen-bond acceptors (Lipinski definition) is 4. The lowest BCUT2D eigenvalue weighted by atomic mass is 10.1. The number of fused-ring (bicyclic) bond motifs is 2. The second-order valence-corrected chi connectivity index (χ2v) is 5.99. The van der Waals surface area contributed by atoms with Crippen LogP contribution in [-0.2, 0) is 11.2 Å². The maximum atomic E-state index is 12.1. The quantitative estimate of drug-likeness (QED) is 0.795. The van der Waals surface area contributed by atoms with Crippen molar-refractivity contribution in [1.82, 2.24) is 4.98 Å². The molecule has 0 atom stereocenters. The Morgan fingerprint density at radius 3 is 2.96 bits per heavy atom. The first-order valence-corrected chi connectivity index (χ1v) is 8.12. The number of pyridine rings is 1. The Balaban J connectivity index is 1.40. The van der Waals surface area contributed by atoms with E-state index in [0.29, 0.717) is 23.4 Å². The van der Waals surface area contributed by atoms with Gasteiger partial charge >= 0.3 is 0 Å². The predicted octanol–water partition coefficient (Wildman–Crippen LogP) is 3.38. The van der Waals surface area contributed by atoms with Crippen LogP contribution in [0.4, 0.5) is 5.69 Å². The third kappa shape index (κ3) is 3.21. The van der Waals surface area contributed by atoms with Crippen molar-refractivity contribution >= 4 is 28.3 Å². The molecule has 4 rings (SSSR count). The minimum atomic E-state index is -0.255. The van der Waals surface area contributed by atoms with Gasteiger partial charge in [0.05, 0.1) is 5.52 Å². The Morgan fingerprint density at radius 1 is 1.12 bits per heavy atom. The molecule has 3 aromatic rings. The van der Waals surface area contributed by atoms with Crippen molar-refractivity contribution in [3.05, 3.63) is 65.9 Å². The van der Waals surface area contributed by atoms with Crippen LogP contribution in [0.5, 0.6) is 5.75 Å². The number of rotatable bonds is 4. The van der Waals surface area contributed by atoms with Crippen molar-refractivity contribution in [2.24, 2.45) is 0 Å². The van der Waals surface area contributed by atoms with E-state index < -0.39 is 0 Å². The van der Waals surface area contributed by atoms with Gasteiger partial charge in [-0.2, -0.15) is 0 Å². The average Bonchev–Trinajstić information content (AvgIpc) is 3.00. The van der Waals surface area contributed by atoms with Gasteiger partial charge in [0.1, 0.15) is 5.75 Å². The fourth-order valence-corrected chi connectivity index (χ4v) is 3.01. The SMILES string of the molecule is O=C(COc1ccc2c(c1)C(=O)CC2)Nc1ccc2ncccc2c1. The normalized spacial score (nSPS) is 12.9. The number of benzene rings is 2. The minimum Gasteiger partial charge on any atom is -0.484 e. The van der Waals surface area contributed by atoms with Gasteiger partial charge in [-0.15, -0.1) is 0 Å². The number of Topliss-reactive ketones (excluding diaryl/α,β-unsaturated/α-hetero) is 1. The van der Waals surface area contributed by atoms with E-state index in [0.717, 1.165) is 22.9 Å². The Morgan fingerprint density at radius 2 is 2.04 bits per heavy atom. The molecule has 0 spiro atoms. The molecule has 1 aromatic heterocycles. The van der Waals surface area contributed by atoms with Gasteiger partial charge in [-0.25, -0.2) is 0 Å². The fourth-order valence-electron chi connectivity index (χ4n) is 3.01. The summed E-state index contributed by atoms with van der Waals surface area (Å²) in [7, 11) is 0. The number of nitrogens with one attached hydrogen (secondary N) is 1. The molecule has 0 unspecified atom stereocenters. The molecule has 25 heavy (non-hydrogen) atoms. The fraction of sp³-hybridized carbons (Fsp3) is 0.150. The van der Waals surface area contributed by atoms with E-state index in [1.807, 2.05) is 30.3 Å². The molecule has 5 heteroatoms. The van der Waals surface area contributed by atoms with Gasteiger partial charge in [-0.3, -0.25) is 14.6 Å². The first kappa shape index (κ1) is 15.3. The van der Waals surface area contributed by atoms with Crippen LogP contribution < -0.4 is 10.1 Å². The number of amides is 1. The van der Waals surface area contributed by atoms with Gasteiger partial charge in [0.25, 0.3) is 5.91 Å². The topological polar surface area (TPSA) is 68.3 Å². The number of carbonyl (C=O) groups excluding carboxylic acids is 2. The van der Waals surface area contributed by atoms with Gasteiger partial charge in [0.2, 0.25) is 0 Å². The predicted molar refractivity (Wildman–Crippen MR) is 95.0 cm³/mol. The molecule has 1 amide bonds. The summed E-state index contributed by atoms with van der Waals surface area (Å²) in [6.45, 7) is -0.113. The highest BCUT2D eigenvalue weighted by molar-refractivity contribution is 6.00. The van der Waals surface area contributed by atoms with Gasteiger partial charge in [-0.05, 0) is 48.4 Å². The molecule has 0 bridgehead atoms. The van der Waals surface area contributed by atoms with Crippen molar-refractivity contribution in [3.8, 4) is 5.75 Å². The summed E-state index contributed by atoms with van der Waals surface area (Å²) in [5, 5.41) is 3.76. The summed E-state index contributed by atoms with van der Waals surface area (Å²) < 4.78 is 5.52. The monoisotopic (exact) mass is 332 g/mol. The van der Waals surface area contributed by atoms with E-state index in [2.05, 4.69) is 10.3 Å². The minimum absolute atomic E-state index is 0.113. The van der Waals surface area contributed by atoms with Crippen molar-refractivity contribution in [2.45, 2.75) is 12.8 Å². The summed E-state index contributed by atoms with van der Waals surface area (Å²) >= 11 is 0. The zero-order chi connectivity index (χ0) is 17.2.